The van der Waals surface area contributed by atoms with Crippen molar-refractivity contribution in [2.24, 2.45) is 0 Å². The van der Waals surface area contributed by atoms with Crippen LogP contribution >= 0.6 is 11.3 Å². The SMILES string of the molecule is Cc1cc(C(F)(F)F)nn1-c1nc2ccccc2s1. The molecule has 3 nitrogen and oxygen atoms in total. The van der Waals surface area contributed by atoms with Crippen molar-refractivity contribution in [3.05, 3.63) is 41.7 Å². The van der Waals surface area contributed by atoms with E-state index in [1.165, 1.54) is 16.0 Å². The minimum absolute atomic E-state index is 0.409. The van der Waals surface area contributed by atoms with Gasteiger partial charge in [-0.2, -0.15) is 18.3 Å². The molecule has 0 radical (unpaired) electrons. The van der Waals surface area contributed by atoms with Crippen LogP contribution in [-0.2, 0) is 6.18 Å². The molecule has 3 rings (SSSR count). The molecule has 0 fully saturated rings. The van der Waals surface area contributed by atoms with Crippen molar-refractivity contribution in [3.63, 3.8) is 0 Å². The lowest BCUT2D eigenvalue weighted by Crippen LogP contribution is -2.07. The fourth-order valence-electron chi connectivity index (χ4n) is 1.76. The third kappa shape index (κ3) is 2.10. The summed E-state index contributed by atoms with van der Waals surface area (Å²) in [6, 6.07) is 8.41. The molecule has 0 aliphatic carbocycles. The zero-order valence-corrected chi connectivity index (χ0v) is 10.6. The van der Waals surface area contributed by atoms with E-state index in [0.29, 0.717) is 10.8 Å². The summed E-state index contributed by atoms with van der Waals surface area (Å²) in [4.78, 5) is 4.29. The lowest BCUT2D eigenvalue weighted by molar-refractivity contribution is -0.141. The van der Waals surface area contributed by atoms with Crippen LogP contribution in [-0.4, -0.2) is 14.8 Å². The maximum Gasteiger partial charge on any atom is 0.435 e. The molecule has 0 spiro atoms. The fraction of sp³-hybridized carbons (Fsp3) is 0.167. The fourth-order valence-corrected chi connectivity index (χ4v) is 2.73. The Bertz CT molecular complexity index is 709. The predicted molar refractivity (Wildman–Crippen MR) is 66.5 cm³/mol. The number of aromatic nitrogens is 3. The van der Waals surface area contributed by atoms with Crippen molar-refractivity contribution in [1.29, 1.82) is 0 Å². The molecule has 0 aliphatic rings. The highest BCUT2D eigenvalue weighted by Gasteiger charge is 2.34. The monoisotopic (exact) mass is 283 g/mol. The first-order chi connectivity index (χ1) is 8.95. The highest BCUT2D eigenvalue weighted by atomic mass is 32.1. The van der Waals surface area contributed by atoms with Gasteiger partial charge in [-0.1, -0.05) is 23.5 Å². The van der Waals surface area contributed by atoms with Gasteiger partial charge in [0.25, 0.3) is 0 Å². The van der Waals surface area contributed by atoms with Crippen LogP contribution in [0, 0.1) is 6.92 Å². The van der Waals surface area contributed by atoms with Crippen LogP contribution < -0.4 is 0 Å². The minimum Gasteiger partial charge on any atom is -0.218 e. The van der Waals surface area contributed by atoms with E-state index in [4.69, 9.17) is 0 Å². The van der Waals surface area contributed by atoms with Crippen LogP contribution in [0.25, 0.3) is 15.3 Å². The number of rotatable bonds is 1. The maximum atomic E-state index is 12.6. The van der Waals surface area contributed by atoms with Crippen LogP contribution in [0.1, 0.15) is 11.4 Å². The van der Waals surface area contributed by atoms with Crippen LogP contribution in [0.15, 0.2) is 30.3 Å². The molecule has 98 valence electrons. The number of nitrogens with zero attached hydrogens (tertiary/aromatic N) is 3. The summed E-state index contributed by atoms with van der Waals surface area (Å²) in [5, 5.41) is 4.03. The molecule has 3 aromatic rings. The van der Waals surface area contributed by atoms with E-state index in [0.717, 1.165) is 16.3 Å². The Morgan fingerprint density at radius 1 is 1.21 bits per heavy atom. The number of hydrogen-bond acceptors (Lipinski definition) is 3. The molecule has 0 N–H and O–H groups in total. The number of alkyl halides is 3. The Hall–Kier alpha value is -1.89. The predicted octanol–water partition coefficient (Wildman–Crippen LogP) is 3.81. The van der Waals surface area contributed by atoms with Crippen LogP contribution in [0.4, 0.5) is 13.2 Å². The largest absolute Gasteiger partial charge is 0.435 e. The number of para-hydroxylation sites is 1. The van der Waals surface area contributed by atoms with Crippen molar-refractivity contribution >= 4 is 21.6 Å². The number of benzene rings is 1. The van der Waals surface area contributed by atoms with E-state index in [-0.39, 0.29) is 0 Å². The van der Waals surface area contributed by atoms with Crippen molar-refractivity contribution in [1.82, 2.24) is 14.8 Å². The average molecular weight is 283 g/mol. The van der Waals surface area contributed by atoms with E-state index < -0.39 is 11.9 Å². The summed E-state index contributed by atoms with van der Waals surface area (Å²) < 4.78 is 40.0. The first kappa shape index (κ1) is 12.2. The van der Waals surface area contributed by atoms with Gasteiger partial charge in [0.2, 0.25) is 5.13 Å². The molecule has 1 aromatic carbocycles. The molecular weight excluding hydrogens is 275 g/mol. The summed E-state index contributed by atoms with van der Waals surface area (Å²) in [6.45, 7) is 1.58. The highest BCUT2D eigenvalue weighted by molar-refractivity contribution is 7.20. The minimum atomic E-state index is -4.44. The summed E-state index contributed by atoms with van der Waals surface area (Å²) in [5.41, 5.74) is 0.265. The molecule has 2 aromatic heterocycles. The Morgan fingerprint density at radius 2 is 1.95 bits per heavy atom. The molecule has 19 heavy (non-hydrogen) atoms. The Balaban J connectivity index is 2.13. The van der Waals surface area contributed by atoms with Gasteiger partial charge in [-0.05, 0) is 25.1 Å². The molecule has 0 saturated heterocycles. The van der Waals surface area contributed by atoms with Crippen LogP contribution in [0.3, 0.4) is 0 Å². The Kier molecular flexibility index (Phi) is 2.60. The molecule has 0 unspecified atom stereocenters. The van der Waals surface area contributed by atoms with Gasteiger partial charge >= 0.3 is 6.18 Å². The van der Waals surface area contributed by atoms with Gasteiger partial charge in [0, 0.05) is 5.69 Å². The van der Waals surface area contributed by atoms with Crippen molar-refractivity contribution in [2.75, 3.05) is 0 Å². The quantitative estimate of drug-likeness (QED) is 0.680. The van der Waals surface area contributed by atoms with E-state index in [1.807, 2.05) is 24.3 Å². The molecule has 2 heterocycles. The third-order valence-electron chi connectivity index (χ3n) is 2.64. The molecule has 0 saturated carbocycles. The molecule has 0 atom stereocenters. The van der Waals surface area contributed by atoms with Gasteiger partial charge in [-0.3, -0.25) is 0 Å². The molecule has 0 aliphatic heterocycles. The van der Waals surface area contributed by atoms with E-state index >= 15 is 0 Å². The smallest absolute Gasteiger partial charge is 0.218 e. The van der Waals surface area contributed by atoms with Crippen molar-refractivity contribution in [3.8, 4) is 5.13 Å². The molecular formula is C12H8F3N3S. The lowest BCUT2D eigenvalue weighted by atomic mass is 10.3. The standard InChI is InChI=1S/C12H8F3N3S/c1-7-6-10(12(13,14)15)17-18(7)11-16-8-4-2-3-5-9(8)19-11/h2-6H,1H3. The topological polar surface area (TPSA) is 30.7 Å². The summed E-state index contributed by atoms with van der Waals surface area (Å²) >= 11 is 1.31. The number of halogens is 3. The Morgan fingerprint density at radius 3 is 2.58 bits per heavy atom. The van der Waals surface area contributed by atoms with Crippen LogP contribution in [0.5, 0.6) is 0 Å². The molecule has 0 amide bonds. The Labute approximate surface area is 110 Å². The molecule has 0 bridgehead atoms. The second-order valence-electron chi connectivity index (χ2n) is 4.04. The summed E-state index contributed by atoms with van der Waals surface area (Å²) in [7, 11) is 0. The third-order valence-corrected chi connectivity index (χ3v) is 3.65. The van der Waals surface area contributed by atoms with Gasteiger partial charge in [0.1, 0.15) is 0 Å². The van der Waals surface area contributed by atoms with E-state index in [2.05, 4.69) is 10.1 Å². The van der Waals surface area contributed by atoms with E-state index in [1.54, 1.807) is 6.92 Å². The van der Waals surface area contributed by atoms with Gasteiger partial charge in [0.05, 0.1) is 10.2 Å². The highest BCUT2D eigenvalue weighted by Crippen LogP contribution is 2.31. The zero-order valence-electron chi connectivity index (χ0n) is 9.77. The van der Waals surface area contributed by atoms with Crippen molar-refractivity contribution < 1.29 is 13.2 Å². The van der Waals surface area contributed by atoms with Gasteiger partial charge in [-0.25, -0.2) is 9.67 Å². The van der Waals surface area contributed by atoms with Crippen molar-refractivity contribution in [2.45, 2.75) is 13.1 Å². The second kappa shape index (κ2) is 4.06. The number of hydrogen-bond donors (Lipinski definition) is 0. The van der Waals surface area contributed by atoms with E-state index in [9.17, 15) is 13.2 Å². The van der Waals surface area contributed by atoms with Gasteiger partial charge < -0.3 is 0 Å². The van der Waals surface area contributed by atoms with Crippen LogP contribution in [0.2, 0.25) is 0 Å². The lowest BCUT2D eigenvalue weighted by Gasteiger charge is -2.00. The first-order valence-electron chi connectivity index (χ1n) is 5.45. The summed E-state index contributed by atoms with van der Waals surface area (Å²) in [6.07, 6.45) is -4.44. The first-order valence-corrected chi connectivity index (χ1v) is 6.26. The average Bonchev–Trinajstić information content (AvgIpc) is 2.90. The number of fused-ring (bicyclic) bond motifs is 1. The normalized spacial score (nSPS) is 12.2. The molecule has 7 heteroatoms. The van der Waals surface area contributed by atoms with Gasteiger partial charge in [-0.15, -0.1) is 0 Å². The zero-order chi connectivity index (χ0) is 13.6. The van der Waals surface area contributed by atoms with Gasteiger partial charge in [0.15, 0.2) is 5.69 Å². The second-order valence-corrected chi connectivity index (χ2v) is 5.05. The summed E-state index contributed by atoms with van der Waals surface area (Å²) in [5.74, 6) is 0. The maximum absolute atomic E-state index is 12.6. The number of aryl methyl sites for hydroxylation is 1. The number of thiazole rings is 1.